The van der Waals surface area contributed by atoms with E-state index < -0.39 is 6.04 Å². The van der Waals surface area contributed by atoms with Gasteiger partial charge in [0.05, 0.1) is 24.4 Å². The summed E-state index contributed by atoms with van der Waals surface area (Å²) in [5.74, 6) is 0.277. The third-order valence-corrected chi connectivity index (χ3v) is 4.09. The number of amides is 2. The number of nitrogens with one attached hydrogen (secondary N) is 1. The standard InChI is InChI=1S/C16H21N5O3/c1-11-8-13(24-19-11)9-15(22)21-6-3-4-14(21)16(23)17-10-12-5-7-20(2)18-12/h5,7-8,14H,3-4,6,9-10H2,1-2H3,(H,17,23)/t14-/m0/s1. The summed E-state index contributed by atoms with van der Waals surface area (Å²) in [5.41, 5.74) is 1.53. The SMILES string of the molecule is Cc1cc(CC(=O)N2CCC[C@H]2C(=O)NCc2ccn(C)n2)on1. The molecule has 8 heteroatoms. The normalized spacial score (nSPS) is 17.2. The Balaban J connectivity index is 1.57. The van der Waals surface area contributed by atoms with Gasteiger partial charge in [0, 0.05) is 25.9 Å². The zero-order chi connectivity index (χ0) is 17.1. The summed E-state index contributed by atoms with van der Waals surface area (Å²) in [6.07, 6.45) is 3.45. The second kappa shape index (κ2) is 6.86. The maximum Gasteiger partial charge on any atom is 0.243 e. The summed E-state index contributed by atoms with van der Waals surface area (Å²) in [6, 6.07) is 3.17. The van der Waals surface area contributed by atoms with Crippen molar-refractivity contribution in [3.8, 4) is 0 Å². The van der Waals surface area contributed by atoms with Crippen LogP contribution in [0.2, 0.25) is 0 Å². The lowest BCUT2D eigenvalue weighted by atomic mass is 10.2. The highest BCUT2D eigenvalue weighted by atomic mass is 16.5. The third-order valence-electron chi connectivity index (χ3n) is 4.09. The first-order valence-corrected chi connectivity index (χ1v) is 8.01. The number of nitrogens with zero attached hydrogens (tertiary/aromatic N) is 4. The van der Waals surface area contributed by atoms with Crippen LogP contribution in [-0.4, -0.2) is 44.2 Å². The summed E-state index contributed by atoms with van der Waals surface area (Å²) >= 11 is 0. The Bertz CT molecular complexity index is 736. The summed E-state index contributed by atoms with van der Waals surface area (Å²) in [7, 11) is 1.83. The van der Waals surface area contributed by atoms with Gasteiger partial charge in [0.15, 0.2) is 0 Å². The zero-order valence-electron chi connectivity index (χ0n) is 13.9. The van der Waals surface area contributed by atoms with Crippen LogP contribution in [-0.2, 0) is 29.6 Å². The van der Waals surface area contributed by atoms with Gasteiger partial charge < -0.3 is 14.7 Å². The van der Waals surface area contributed by atoms with E-state index in [1.807, 2.05) is 19.3 Å². The van der Waals surface area contributed by atoms with E-state index in [1.165, 1.54) is 0 Å². The molecule has 1 fully saturated rings. The molecule has 0 saturated carbocycles. The molecule has 0 spiro atoms. The predicted octanol–water partition coefficient (Wildman–Crippen LogP) is 0.566. The Morgan fingerprint density at radius 3 is 2.96 bits per heavy atom. The Morgan fingerprint density at radius 1 is 1.46 bits per heavy atom. The molecule has 2 aromatic rings. The Labute approximate surface area is 139 Å². The minimum atomic E-state index is -0.426. The molecule has 3 heterocycles. The van der Waals surface area contributed by atoms with Gasteiger partial charge in [-0.1, -0.05) is 5.16 Å². The van der Waals surface area contributed by atoms with Gasteiger partial charge >= 0.3 is 0 Å². The lowest BCUT2D eigenvalue weighted by Gasteiger charge is -2.23. The summed E-state index contributed by atoms with van der Waals surface area (Å²) < 4.78 is 6.78. The van der Waals surface area contributed by atoms with Gasteiger partial charge in [0.1, 0.15) is 11.8 Å². The van der Waals surface area contributed by atoms with Crippen molar-refractivity contribution in [1.29, 1.82) is 0 Å². The van der Waals surface area contributed by atoms with E-state index in [2.05, 4.69) is 15.6 Å². The fourth-order valence-electron chi connectivity index (χ4n) is 2.94. The van der Waals surface area contributed by atoms with Crippen molar-refractivity contribution in [2.75, 3.05) is 6.54 Å². The van der Waals surface area contributed by atoms with Crippen LogP contribution in [0.25, 0.3) is 0 Å². The molecule has 1 aliphatic rings. The second-order valence-corrected chi connectivity index (χ2v) is 6.06. The number of aryl methyl sites for hydroxylation is 2. The van der Waals surface area contributed by atoms with Gasteiger partial charge in [0.2, 0.25) is 11.8 Å². The predicted molar refractivity (Wildman–Crippen MR) is 84.7 cm³/mol. The molecule has 2 aromatic heterocycles. The third kappa shape index (κ3) is 3.64. The molecule has 24 heavy (non-hydrogen) atoms. The molecule has 0 aliphatic carbocycles. The molecule has 1 atom stereocenters. The van der Waals surface area contributed by atoms with E-state index in [-0.39, 0.29) is 18.2 Å². The molecule has 1 aliphatic heterocycles. The molecule has 2 amide bonds. The average Bonchev–Trinajstić information content (AvgIpc) is 3.26. The zero-order valence-corrected chi connectivity index (χ0v) is 13.9. The van der Waals surface area contributed by atoms with Crippen molar-refractivity contribution < 1.29 is 14.1 Å². The summed E-state index contributed by atoms with van der Waals surface area (Å²) in [5, 5.41) is 10.9. The first-order valence-electron chi connectivity index (χ1n) is 8.01. The Morgan fingerprint density at radius 2 is 2.29 bits per heavy atom. The number of carbonyl (C=O) groups is 2. The van der Waals surface area contributed by atoms with Crippen molar-refractivity contribution >= 4 is 11.8 Å². The lowest BCUT2D eigenvalue weighted by Crippen LogP contribution is -2.46. The van der Waals surface area contributed by atoms with Crippen LogP contribution in [0.1, 0.15) is 30.0 Å². The monoisotopic (exact) mass is 331 g/mol. The smallest absolute Gasteiger partial charge is 0.243 e. The van der Waals surface area contributed by atoms with E-state index in [9.17, 15) is 9.59 Å². The number of rotatable bonds is 5. The van der Waals surface area contributed by atoms with Gasteiger partial charge in [-0.15, -0.1) is 0 Å². The van der Waals surface area contributed by atoms with Crippen molar-refractivity contribution in [2.24, 2.45) is 7.05 Å². The minimum absolute atomic E-state index is 0.110. The highest BCUT2D eigenvalue weighted by Crippen LogP contribution is 2.19. The topological polar surface area (TPSA) is 93.3 Å². The van der Waals surface area contributed by atoms with E-state index in [1.54, 1.807) is 22.6 Å². The van der Waals surface area contributed by atoms with Crippen LogP contribution in [0.5, 0.6) is 0 Å². The van der Waals surface area contributed by atoms with Crippen LogP contribution in [0.4, 0.5) is 0 Å². The van der Waals surface area contributed by atoms with Crippen molar-refractivity contribution in [3.05, 3.63) is 35.5 Å². The molecule has 0 unspecified atom stereocenters. The molecule has 8 nitrogen and oxygen atoms in total. The van der Waals surface area contributed by atoms with Crippen molar-refractivity contribution in [1.82, 2.24) is 25.2 Å². The first-order chi connectivity index (χ1) is 11.5. The largest absolute Gasteiger partial charge is 0.361 e. The van der Waals surface area contributed by atoms with Gasteiger partial charge in [0.25, 0.3) is 0 Å². The van der Waals surface area contributed by atoms with Crippen molar-refractivity contribution in [3.63, 3.8) is 0 Å². The van der Waals surface area contributed by atoms with Gasteiger partial charge in [-0.2, -0.15) is 5.10 Å². The van der Waals surface area contributed by atoms with Crippen LogP contribution >= 0.6 is 0 Å². The number of carbonyl (C=O) groups excluding carboxylic acids is 2. The van der Waals surface area contributed by atoms with E-state index in [0.29, 0.717) is 25.3 Å². The van der Waals surface area contributed by atoms with Crippen molar-refractivity contribution in [2.45, 2.75) is 38.8 Å². The fraction of sp³-hybridized carbons (Fsp3) is 0.500. The summed E-state index contributed by atoms with van der Waals surface area (Å²) in [4.78, 5) is 26.5. The fourth-order valence-corrected chi connectivity index (χ4v) is 2.94. The van der Waals surface area contributed by atoms with Crippen LogP contribution in [0.15, 0.2) is 22.9 Å². The highest BCUT2D eigenvalue weighted by molar-refractivity contribution is 5.88. The van der Waals surface area contributed by atoms with E-state index in [4.69, 9.17) is 4.52 Å². The van der Waals surface area contributed by atoms with Gasteiger partial charge in [-0.05, 0) is 25.8 Å². The molecule has 0 aromatic carbocycles. The molecule has 1 N–H and O–H groups in total. The Hall–Kier alpha value is -2.64. The van der Waals surface area contributed by atoms with Gasteiger partial charge in [-0.3, -0.25) is 14.3 Å². The lowest BCUT2D eigenvalue weighted by molar-refractivity contribution is -0.138. The van der Waals surface area contributed by atoms with Crippen LogP contribution in [0, 0.1) is 6.92 Å². The molecule has 0 bridgehead atoms. The van der Waals surface area contributed by atoms with Gasteiger partial charge in [-0.25, -0.2) is 0 Å². The van der Waals surface area contributed by atoms with E-state index >= 15 is 0 Å². The number of hydrogen-bond acceptors (Lipinski definition) is 5. The quantitative estimate of drug-likeness (QED) is 0.864. The molecular formula is C16H21N5O3. The Kier molecular flexibility index (Phi) is 4.64. The van der Waals surface area contributed by atoms with Crippen LogP contribution < -0.4 is 5.32 Å². The summed E-state index contributed by atoms with van der Waals surface area (Å²) in [6.45, 7) is 2.76. The number of likely N-dealkylation sites (tertiary alicyclic amines) is 1. The number of aromatic nitrogens is 3. The van der Waals surface area contributed by atoms with Crippen LogP contribution in [0.3, 0.4) is 0 Å². The molecule has 128 valence electrons. The molecule has 0 radical (unpaired) electrons. The molecular weight excluding hydrogens is 310 g/mol. The molecule has 3 rings (SSSR count). The number of hydrogen-bond donors (Lipinski definition) is 1. The van der Waals surface area contributed by atoms with E-state index in [0.717, 1.165) is 17.8 Å². The highest BCUT2D eigenvalue weighted by Gasteiger charge is 2.34. The second-order valence-electron chi connectivity index (χ2n) is 6.06. The first kappa shape index (κ1) is 16.2. The maximum atomic E-state index is 12.5. The maximum absolute atomic E-state index is 12.5. The minimum Gasteiger partial charge on any atom is -0.361 e. The molecule has 1 saturated heterocycles. The average molecular weight is 331 g/mol.